The second kappa shape index (κ2) is 8.32. The molecule has 8 heteroatoms. The summed E-state index contributed by atoms with van der Waals surface area (Å²) in [5, 5.41) is 0.732. The quantitative estimate of drug-likeness (QED) is 0.814. The Balaban J connectivity index is 2.02. The van der Waals surface area contributed by atoms with Gasteiger partial charge in [-0.2, -0.15) is 0 Å². The molecule has 2 heterocycles. The number of hydrogen-bond donors (Lipinski definition) is 1. The van der Waals surface area contributed by atoms with E-state index in [0.29, 0.717) is 34.8 Å². The van der Waals surface area contributed by atoms with Crippen molar-refractivity contribution in [1.29, 1.82) is 0 Å². The largest absolute Gasteiger partial charge is 0.444 e. The predicted molar refractivity (Wildman–Crippen MR) is 114 cm³/mol. The standard InChI is InChI=1S/C21H29ClN4O3/c1-13(23)18-24-16-10-7-9-15(22)17(16)19(27)26(18)12-14-8-5-6-11-25(14)20(28)29-21(2,3)4/h7,9-10,13-14H,5-6,8,11-12,23H2,1-4H3/t13-,14?/m0/s1. The van der Waals surface area contributed by atoms with E-state index in [1.165, 1.54) is 0 Å². The molecule has 0 spiro atoms. The molecule has 1 unspecified atom stereocenters. The zero-order valence-corrected chi connectivity index (χ0v) is 18.2. The minimum absolute atomic E-state index is 0.171. The van der Waals surface area contributed by atoms with E-state index in [1.54, 1.807) is 34.6 Å². The Morgan fingerprint density at radius 2 is 2.10 bits per heavy atom. The Morgan fingerprint density at radius 1 is 1.38 bits per heavy atom. The second-order valence-corrected chi connectivity index (χ2v) is 9.04. The van der Waals surface area contributed by atoms with Crippen LogP contribution in [0.1, 0.15) is 58.8 Å². The predicted octanol–water partition coefficient (Wildman–Crippen LogP) is 3.86. The summed E-state index contributed by atoms with van der Waals surface area (Å²) in [6.45, 7) is 8.24. The molecule has 1 aromatic heterocycles. The minimum atomic E-state index is -0.578. The van der Waals surface area contributed by atoms with Gasteiger partial charge in [0.05, 0.1) is 28.0 Å². The van der Waals surface area contributed by atoms with Crippen LogP contribution < -0.4 is 11.3 Å². The molecule has 1 aliphatic heterocycles. The summed E-state index contributed by atoms with van der Waals surface area (Å²) in [4.78, 5) is 32.4. The fourth-order valence-corrected chi connectivity index (χ4v) is 3.98. The lowest BCUT2D eigenvalue weighted by Gasteiger charge is -2.37. The maximum atomic E-state index is 13.3. The summed E-state index contributed by atoms with van der Waals surface area (Å²) in [6, 6.07) is 4.58. The number of carbonyl (C=O) groups excluding carboxylic acids is 1. The topological polar surface area (TPSA) is 90.5 Å². The minimum Gasteiger partial charge on any atom is -0.444 e. The number of likely N-dealkylation sites (tertiary alicyclic amines) is 1. The van der Waals surface area contributed by atoms with E-state index in [9.17, 15) is 9.59 Å². The molecule has 1 aromatic carbocycles. The van der Waals surface area contributed by atoms with Crippen molar-refractivity contribution in [1.82, 2.24) is 14.5 Å². The molecule has 2 atom stereocenters. The molecule has 29 heavy (non-hydrogen) atoms. The number of halogens is 1. The van der Waals surface area contributed by atoms with E-state index in [0.717, 1.165) is 19.3 Å². The lowest BCUT2D eigenvalue weighted by atomic mass is 10.0. The maximum absolute atomic E-state index is 13.3. The fraction of sp³-hybridized carbons (Fsp3) is 0.571. The van der Waals surface area contributed by atoms with Gasteiger partial charge in [-0.15, -0.1) is 0 Å². The van der Waals surface area contributed by atoms with Crippen LogP contribution in [0.4, 0.5) is 4.79 Å². The number of amides is 1. The van der Waals surface area contributed by atoms with Crippen LogP contribution in [-0.2, 0) is 11.3 Å². The van der Waals surface area contributed by atoms with E-state index < -0.39 is 11.6 Å². The van der Waals surface area contributed by atoms with Crippen molar-refractivity contribution in [3.05, 3.63) is 39.4 Å². The number of benzene rings is 1. The van der Waals surface area contributed by atoms with Gasteiger partial charge in [-0.05, 0) is 59.1 Å². The first-order chi connectivity index (χ1) is 13.6. The highest BCUT2D eigenvalue weighted by molar-refractivity contribution is 6.35. The Bertz CT molecular complexity index is 965. The molecule has 1 amide bonds. The van der Waals surface area contributed by atoms with Crippen molar-refractivity contribution in [2.24, 2.45) is 5.73 Å². The first-order valence-corrected chi connectivity index (χ1v) is 10.4. The Morgan fingerprint density at radius 3 is 2.76 bits per heavy atom. The van der Waals surface area contributed by atoms with E-state index in [1.807, 2.05) is 20.8 Å². The molecule has 0 saturated carbocycles. The molecule has 2 N–H and O–H groups in total. The summed E-state index contributed by atoms with van der Waals surface area (Å²) < 4.78 is 7.16. The number of aromatic nitrogens is 2. The van der Waals surface area contributed by atoms with Gasteiger partial charge in [0, 0.05) is 13.1 Å². The first-order valence-electron chi connectivity index (χ1n) is 10.0. The molecule has 2 aromatic rings. The van der Waals surface area contributed by atoms with Crippen LogP contribution in [0.15, 0.2) is 23.0 Å². The highest BCUT2D eigenvalue weighted by Crippen LogP contribution is 2.24. The Labute approximate surface area is 175 Å². The van der Waals surface area contributed by atoms with Gasteiger partial charge in [0.25, 0.3) is 5.56 Å². The van der Waals surface area contributed by atoms with Crippen molar-refractivity contribution in [3.8, 4) is 0 Å². The molecule has 1 saturated heterocycles. The van der Waals surface area contributed by atoms with E-state index in [2.05, 4.69) is 4.98 Å². The van der Waals surface area contributed by atoms with Crippen LogP contribution >= 0.6 is 11.6 Å². The molecular weight excluding hydrogens is 392 g/mol. The van der Waals surface area contributed by atoms with Crippen LogP contribution in [-0.4, -0.2) is 38.7 Å². The van der Waals surface area contributed by atoms with Crippen molar-refractivity contribution < 1.29 is 9.53 Å². The Kier molecular flexibility index (Phi) is 6.19. The number of fused-ring (bicyclic) bond motifs is 1. The molecule has 1 aliphatic rings. The maximum Gasteiger partial charge on any atom is 0.410 e. The van der Waals surface area contributed by atoms with Gasteiger partial charge in [0.15, 0.2) is 0 Å². The van der Waals surface area contributed by atoms with Gasteiger partial charge < -0.3 is 15.4 Å². The van der Waals surface area contributed by atoms with E-state index in [4.69, 9.17) is 22.1 Å². The zero-order chi connectivity index (χ0) is 21.3. The molecule has 0 radical (unpaired) electrons. The van der Waals surface area contributed by atoms with Crippen LogP contribution in [0, 0.1) is 0 Å². The van der Waals surface area contributed by atoms with Gasteiger partial charge in [0.2, 0.25) is 0 Å². The van der Waals surface area contributed by atoms with Gasteiger partial charge in [0.1, 0.15) is 11.4 Å². The average molecular weight is 421 g/mol. The third-order valence-corrected chi connectivity index (χ3v) is 5.33. The Hall–Kier alpha value is -2.12. The van der Waals surface area contributed by atoms with Gasteiger partial charge in [-0.3, -0.25) is 9.36 Å². The molecule has 0 aliphatic carbocycles. The van der Waals surface area contributed by atoms with Crippen LogP contribution in [0.5, 0.6) is 0 Å². The molecule has 3 rings (SSSR count). The molecular formula is C21H29ClN4O3. The van der Waals surface area contributed by atoms with Crippen molar-refractivity contribution in [2.45, 2.75) is 71.2 Å². The summed E-state index contributed by atoms with van der Waals surface area (Å²) >= 11 is 6.29. The summed E-state index contributed by atoms with van der Waals surface area (Å²) in [7, 11) is 0. The highest BCUT2D eigenvalue weighted by Gasteiger charge is 2.32. The number of rotatable bonds is 3. The summed E-state index contributed by atoms with van der Waals surface area (Å²) in [5.74, 6) is 0.486. The monoisotopic (exact) mass is 420 g/mol. The summed E-state index contributed by atoms with van der Waals surface area (Å²) in [6.07, 6.45) is 2.31. The third kappa shape index (κ3) is 4.73. The van der Waals surface area contributed by atoms with E-state index in [-0.39, 0.29) is 17.7 Å². The van der Waals surface area contributed by atoms with Gasteiger partial charge in [-0.25, -0.2) is 9.78 Å². The number of ether oxygens (including phenoxy) is 1. The van der Waals surface area contributed by atoms with Gasteiger partial charge in [-0.1, -0.05) is 17.7 Å². The van der Waals surface area contributed by atoms with Crippen molar-refractivity contribution in [2.75, 3.05) is 6.54 Å². The highest BCUT2D eigenvalue weighted by atomic mass is 35.5. The zero-order valence-electron chi connectivity index (χ0n) is 17.4. The molecule has 1 fully saturated rings. The lowest BCUT2D eigenvalue weighted by molar-refractivity contribution is 0.00754. The SMILES string of the molecule is C[C@H](N)c1nc2cccc(Cl)c2c(=O)n1CC1CCCCN1C(=O)OC(C)(C)C. The number of piperidine rings is 1. The number of carbonyl (C=O) groups is 1. The molecule has 158 valence electrons. The van der Waals surface area contributed by atoms with Crippen LogP contribution in [0.2, 0.25) is 5.02 Å². The molecule has 7 nitrogen and oxygen atoms in total. The molecule has 0 bridgehead atoms. The second-order valence-electron chi connectivity index (χ2n) is 8.63. The number of nitrogens with two attached hydrogens (primary N) is 1. The smallest absolute Gasteiger partial charge is 0.410 e. The average Bonchev–Trinajstić information content (AvgIpc) is 2.62. The van der Waals surface area contributed by atoms with Crippen molar-refractivity contribution >= 4 is 28.6 Å². The lowest BCUT2D eigenvalue weighted by Crippen LogP contribution is -2.49. The van der Waals surface area contributed by atoms with Gasteiger partial charge >= 0.3 is 6.09 Å². The van der Waals surface area contributed by atoms with Crippen molar-refractivity contribution in [3.63, 3.8) is 0 Å². The fourth-order valence-electron chi connectivity index (χ4n) is 3.73. The van der Waals surface area contributed by atoms with Crippen LogP contribution in [0.3, 0.4) is 0 Å². The summed E-state index contributed by atoms with van der Waals surface area (Å²) in [5.41, 5.74) is 5.85. The number of hydrogen-bond acceptors (Lipinski definition) is 5. The normalized spacial score (nSPS) is 18.7. The van der Waals surface area contributed by atoms with Crippen LogP contribution in [0.25, 0.3) is 10.9 Å². The first kappa shape index (κ1) is 21.6. The third-order valence-electron chi connectivity index (χ3n) is 5.02. The van der Waals surface area contributed by atoms with E-state index >= 15 is 0 Å². The number of nitrogens with zero attached hydrogens (tertiary/aromatic N) is 3.